The van der Waals surface area contributed by atoms with Crippen molar-refractivity contribution < 1.29 is 13.9 Å². The van der Waals surface area contributed by atoms with Gasteiger partial charge >= 0.3 is 0 Å². The predicted molar refractivity (Wildman–Crippen MR) is 96.8 cm³/mol. The number of aryl methyl sites for hydroxylation is 2. The summed E-state index contributed by atoms with van der Waals surface area (Å²) >= 11 is 0. The molecular weight excluding hydrogens is 336 g/mol. The highest BCUT2D eigenvalue weighted by Crippen LogP contribution is 2.25. The van der Waals surface area contributed by atoms with Crippen LogP contribution < -0.4 is 16.6 Å². The van der Waals surface area contributed by atoms with Crippen molar-refractivity contribution >= 4 is 11.6 Å². The average molecular weight is 360 g/mol. The van der Waals surface area contributed by atoms with Gasteiger partial charge in [0.1, 0.15) is 23.2 Å². The highest BCUT2D eigenvalue weighted by molar-refractivity contribution is 5.80. The first-order valence-corrected chi connectivity index (χ1v) is 8.73. The molecule has 3 N–H and O–H groups in total. The molecule has 1 fully saturated rings. The zero-order valence-corrected chi connectivity index (χ0v) is 15.2. The fourth-order valence-corrected chi connectivity index (χ4v) is 3.09. The molecule has 0 aromatic carbocycles. The molecule has 1 aliphatic heterocycles. The molecule has 26 heavy (non-hydrogen) atoms. The minimum Gasteiger partial charge on any atom is -0.466 e. The van der Waals surface area contributed by atoms with Crippen molar-refractivity contribution in [2.45, 2.75) is 45.8 Å². The zero-order valence-electron chi connectivity index (χ0n) is 15.2. The summed E-state index contributed by atoms with van der Waals surface area (Å²) in [6.07, 6.45) is 1.96. The standard InChI is InChI=1S/C18H24N4O4/c1-10-7-14(12(3)26-10)16-8-15(19)18(24)22(21-16)11(2)17(23)20-9-13-5-4-6-25-13/h7-8,11,13H,4-6,9,19H2,1-3H3,(H,20,23)/t11-,13-/m0/s1. The predicted octanol–water partition coefficient (Wildman–Crippen LogP) is 1.56. The Morgan fingerprint density at radius 1 is 1.46 bits per heavy atom. The zero-order chi connectivity index (χ0) is 18.8. The number of carbonyl (C=O) groups is 1. The maximum atomic E-state index is 12.5. The molecule has 0 bridgehead atoms. The SMILES string of the molecule is Cc1cc(-c2cc(N)c(=O)n([C@@H](C)C(=O)NC[C@@H]3CCCO3)n2)c(C)o1. The maximum Gasteiger partial charge on any atom is 0.290 e. The van der Waals surface area contributed by atoms with Crippen molar-refractivity contribution in [3.8, 4) is 11.3 Å². The second-order valence-corrected chi connectivity index (χ2v) is 6.62. The Morgan fingerprint density at radius 2 is 2.23 bits per heavy atom. The summed E-state index contributed by atoms with van der Waals surface area (Å²) in [5.41, 5.74) is 6.65. The van der Waals surface area contributed by atoms with E-state index in [1.807, 2.05) is 19.9 Å². The van der Waals surface area contributed by atoms with E-state index < -0.39 is 11.6 Å². The third-order valence-electron chi connectivity index (χ3n) is 4.55. The van der Waals surface area contributed by atoms with E-state index in [0.717, 1.165) is 35.5 Å². The van der Waals surface area contributed by atoms with E-state index in [2.05, 4.69) is 10.4 Å². The van der Waals surface area contributed by atoms with Gasteiger partial charge in [-0.05, 0) is 45.7 Å². The van der Waals surface area contributed by atoms with Crippen molar-refractivity contribution in [1.82, 2.24) is 15.1 Å². The van der Waals surface area contributed by atoms with Crippen molar-refractivity contribution in [3.63, 3.8) is 0 Å². The lowest BCUT2D eigenvalue weighted by atomic mass is 10.1. The number of hydrogen-bond donors (Lipinski definition) is 2. The van der Waals surface area contributed by atoms with Gasteiger partial charge in [0, 0.05) is 18.7 Å². The van der Waals surface area contributed by atoms with E-state index in [1.165, 1.54) is 6.07 Å². The number of nitrogens with zero attached hydrogens (tertiary/aromatic N) is 2. The molecule has 1 saturated heterocycles. The fourth-order valence-electron chi connectivity index (χ4n) is 3.09. The van der Waals surface area contributed by atoms with Crippen LogP contribution in [0.4, 0.5) is 5.69 Å². The summed E-state index contributed by atoms with van der Waals surface area (Å²) < 4.78 is 12.1. The van der Waals surface area contributed by atoms with Gasteiger partial charge in [0.05, 0.1) is 11.8 Å². The molecule has 3 heterocycles. The first kappa shape index (κ1) is 18.2. The van der Waals surface area contributed by atoms with Crippen LogP contribution in [-0.2, 0) is 9.53 Å². The molecule has 1 amide bonds. The molecule has 0 saturated carbocycles. The summed E-state index contributed by atoms with van der Waals surface area (Å²) in [6, 6.07) is 2.54. The molecule has 8 nitrogen and oxygen atoms in total. The fraction of sp³-hybridized carbons (Fsp3) is 0.500. The van der Waals surface area contributed by atoms with Gasteiger partial charge in [-0.25, -0.2) is 4.68 Å². The minimum absolute atomic E-state index is 0.0313. The van der Waals surface area contributed by atoms with Crippen LogP contribution in [0.2, 0.25) is 0 Å². The average Bonchev–Trinajstić information content (AvgIpc) is 3.23. The van der Waals surface area contributed by atoms with Crippen LogP contribution in [0.3, 0.4) is 0 Å². The van der Waals surface area contributed by atoms with Crippen LogP contribution in [0.25, 0.3) is 11.3 Å². The number of aromatic nitrogens is 2. The van der Waals surface area contributed by atoms with Crippen molar-refractivity contribution in [1.29, 1.82) is 0 Å². The number of furan rings is 1. The molecule has 0 radical (unpaired) electrons. The molecule has 8 heteroatoms. The molecule has 2 aromatic heterocycles. The number of nitrogen functional groups attached to an aromatic ring is 1. The van der Waals surface area contributed by atoms with Gasteiger partial charge in [0.25, 0.3) is 5.56 Å². The molecule has 2 atom stereocenters. The monoisotopic (exact) mass is 360 g/mol. The highest BCUT2D eigenvalue weighted by Gasteiger charge is 2.23. The minimum atomic E-state index is -0.792. The first-order valence-electron chi connectivity index (χ1n) is 8.73. The molecule has 3 rings (SSSR count). The molecule has 140 valence electrons. The van der Waals surface area contributed by atoms with Crippen LogP contribution in [0.15, 0.2) is 21.3 Å². The van der Waals surface area contributed by atoms with Gasteiger partial charge in [0.2, 0.25) is 5.91 Å². The maximum absolute atomic E-state index is 12.5. The Morgan fingerprint density at radius 3 is 2.85 bits per heavy atom. The molecule has 0 aliphatic carbocycles. The lowest BCUT2D eigenvalue weighted by Crippen LogP contribution is -2.40. The van der Waals surface area contributed by atoms with E-state index in [9.17, 15) is 9.59 Å². The number of ether oxygens (including phenoxy) is 1. The van der Waals surface area contributed by atoms with Crippen molar-refractivity contribution in [2.24, 2.45) is 0 Å². The van der Waals surface area contributed by atoms with Crippen LogP contribution >= 0.6 is 0 Å². The number of nitrogens with one attached hydrogen (secondary N) is 1. The van der Waals surface area contributed by atoms with E-state index in [1.54, 1.807) is 6.92 Å². The second-order valence-electron chi connectivity index (χ2n) is 6.62. The smallest absolute Gasteiger partial charge is 0.290 e. The van der Waals surface area contributed by atoms with Crippen molar-refractivity contribution in [2.75, 3.05) is 18.9 Å². The molecule has 1 aliphatic rings. The number of amides is 1. The number of nitrogens with two attached hydrogens (primary N) is 1. The van der Waals surface area contributed by atoms with E-state index in [-0.39, 0.29) is 17.7 Å². The van der Waals surface area contributed by atoms with E-state index >= 15 is 0 Å². The topological polar surface area (TPSA) is 112 Å². The van der Waals surface area contributed by atoms with Crippen molar-refractivity contribution in [3.05, 3.63) is 34.0 Å². The lowest BCUT2D eigenvalue weighted by molar-refractivity contribution is -0.124. The summed E-state index contributed by atoms with van der Waals surface area (Å²) in [5.74, 6) is 1.11. The number of hydrogen-bond acceptors (Lipinski definition) is 6. The van der Waals surface area contributed by atoms with E-state index in [4.69, 9.17) is 14.9 Å². The Bertz CT molecular complexity index is 865. The molecular formula is C18H24N4O4. The van der Waals surface area contributed by atoms with Gasteiger partial charge in [-0.3, -0.25) is 9.59 Å². The van der Waals surface area contributed by atoms with Gasteiger partial charge in [-0.15, -0.1) is 0 Å². The van der Waals surface area contributed by atoms with Gasteiger partial charge in [0.15, 0.2) is 0 Å². The molecule has 0 unspecified atom stereocenters. The van der Waals surface area contributed by atoms with Gasteiger partial charge in [-0.2, -0.15) is 5.10 Å². The number of rotatable bonds is 5. The Kier molecular flexibility index (Phi) is 5.13. The molecule has 2 aromatic rings. The summed E-state index contributed by atoms with van der Waals surface area (Å²) in [6.45, 7) is 6.41. The van der Waals surface area contributed by atoms with Crippen LogP contribution in [0.1, 0.15) is 37.3 Å². The van der Waals surface area contributed by atoms with Gasteiger partial charge < -0.3 is 20.2 Å². The summed E-state index contributed by atoms with van der Waals surface area (Å²) in [7, 11) is 0. The quantitative estimate of drug-likeness (QED) is 0.837. The van der Waals surface area contributed by atoms with Crippen LogP contribution in [0, 0.1) is 13.8 Å². The third-order valence-corrected chi connectivity index (χ3v) is 4.55. The number of anilines is 1. The Labute approximate surface area is 151 Å². The first-order chi connectivity index (χ1) is 12.4. The van der Waals surface area contributed by atoms with Crippen LogP contribution in [0.5, 0.6) is 0 Å². The molecule has 0 spiro atoms. The second kappa shape index (κ2) is 7.33. The highest BCUT2D eigenvalue weighted by atomic mass is 16.5. The largest absolute Gasteiger partial charge is 0.466 e. The number of carbonyl (C=O) groups excluding carboxylic acids is 1. The summed E-state index contributed by atoms with van der Waals surface area (Å²) in [5, 5.41) is 7.17. The van der Waals surface area contributed by atoms with Crippen LogP contribution in [-0.4, -0.2) is 34.9 Å². The Balaban J connectivity index is 1.84. The normalized spacial score (nSPS) is 18.0. The van der Waals surface area contributed by atoms with E-state index in [0.29, 0.717) is 18.0 Å². The van der Waals surface area contributed by atoms with Gasteiger partial charge in [-0.1, -0.05) is 0 Å². The third kappa shape index (κ3) is 3.65. The summed E-state index contributed by atoms with van der Waals surface area (Å²) in [4.78, 5) is 24.9. The Hall–Kier alpha value is -2.61. The lowest BCUT2D eigenvalue weighted by Gasteiger charge is -2.17.